The molecule has 3 aromatic rings. The number of thiophene rings is 1. The molecule has 154 valence electrons. The maximum Gasteiger partial charge on any atom is 0.157 e. The summed E-state index contributed by atoms with van der Waals surface area (Å²) in [6.45, 7) is 0.726. The van der Waals surface area contributed by atoms with Crippen molar-refractivity contribution >= 4 is 21.4 Å². The van der Waals surface area contributed by atoms with E-state index in [1.54, 1.807) is 23.5 Å². The largest absolute Gasteiger partial charge is 0.508 e. The van der Waals surface area contributed by atoms with E-state index in [-0.39, 0.29) is 11.3 Å². The molecule has 7 heteroatoms. The zero-order valence-electron chi connectivity index (χ0n) is 15.8. The molecule has 2 aromatic carbocycles. The number of phenolic OH excluding ortho intramolecular Hbond substituents is 1. The summed E-state index contributed by atoms with van der Waals surface area (Å²) in [4.78, 5) is 1.13. The summed E-state index contributed by atoms with van der Waals surface area (Å²) >= 11 is 1.67. The van der Waals surface area contributed by atoms with Crippen LogP contribution in [0, 0.1) is 6.92 Å². The summed E-state index contributed by atoms with van der Waals surface area (Å²) in [5.74, 6) is -0.145. The molecule has 3 N–H and O–H groups in total. The lowest BCUT2D eigenvalue weighted by Crippen LogP contribution is -2.52. The molecule has 0 amide bonds. The van der Waals surface area contributed by atoms with Gasteiger partial charge in [0.05, 0.1) is 0 Å². The van der Waals surface area contributed by atoms with Crippen molar-refractivity contribution < 1.29 is 28.8 Å². The van der Waals surface area contributed by atoms with Gasteiger partial charge in [-0.3, -0.25) is 0 Å². The van der Waals surface area contributed by atoms with E-state index in [1.165, 1.54) is 4.70 Å². The number of benzene rings is 2. The predicted octanol–water partition coefficient (Wildman–Crippen LogP) is 3.98. The number of rotatable bonds is 4. The molecule has 4 rings (SSSR count). The van der Waals surface area contributed by atoms with Gasteiger partial charge in [0.1, 0.15) is 36.8 Å². The van der Waals surface area contributed by atoms with Gasteiger partial charge in [0.25, 0.3) is 0 Å². The summed E-state index contributed by atoms with van der Waals surface area (Å²) in [7, 11) is 0. The van der Waals surface area contributed by atoms with Crippen LogP contribution in [0.5, 0.6) is 5.75 Å². The van der Waals surface area contributed by atoms with Crippen LogP contribution >= 0.6 is 11.3 Å². The van der Waals surface area contributed by atoms with Crippen molar-refractivity contribution in [1.29, 1.82) is 0 Å². The molecule has 1 fully saturated rings. The third-order valence-corrected chi connectivity index (χ3v) is 6.56. The van der Waals surface area contributed by atoms with Crippen LogP contribution in [-0.4, -0.2) is 46.5 Å². The van der Waals surface area contributed by atoms with E-state index in [1.807, 2.05) is 25.1 Å². The molecule has 0 spiro atoms. The summed E-state index contributed by atoms with van der Waals surface area (Å²) in [5, 5.41) is 31.8. The van der Waals surface area contributed by atoms with Gasteiger partial charge in [-0.1, -0.05) is 18.2 Å². The van der Waals surface area contributed by atoms with Gasteiger partial charge in [0, 0.05) is 21.6 Å². The first kappa shape index (κ1) is 20.2. The van der Waals surface area contributed by atoms with Crippen LogP contribution in [0.25, 0.3) is 10.1 Å². The number of phenols is 1. The molecule has 1 saturated heterocycles. The number of aryl methyl sites for hydroxylation is 1. The summed E-state index contributed by atoms with van der Waals surface area (Å²) in [5.41, 5.74) is 1.96. The van der Waals surface area contributed by atoms with Gasteiger partial charge in [0.15, 0.2) is 6.17 Å². The van der Waals surface area contributed by atoms with Crippen LogP contribution in [0.4, 0.5) is 8.78 Å². The third kappa shape index (κ3) is 3.75. The number of aromatic hydroxyl groups is 1. The summed E-state index contributed by atoms with van der Waals surface area (Å²) < 4.78 is 33.7. The quantitative estimate of drug-likeness (QED) is 0.597. The zero-order chi connectivity index (χ0) is 20.7. The van der Waals surface area contributed by atoms with Crippen molar-refractivity contribution in [2.24, 2.45) is 0 Å². The van der Waals surface area contributed by atoms with Gasteiger partial charge >= 0.3 is 0 Å². The van der Waals surface area contributed by atoms with Crippen molar-refractivity contribution in [3.8, 4) is 5.75 Å². The second-order valence-electron chi connectivity index (χ2n) is 7.44. The molecule has 4 nitrogen and oxygen atoms in total. The molecule has 0 bridgehead atoms. The number of hydrogen-bond acceptors (Lipinski definition) is 5. The van der Waals surface area contributed by atoms with Crippen molar-refractivity contribution in [3.05, 3.63) is 64.0 Å². The van der Waals surface area contributed by atoms with Crippen molar-refractivity contribution in [2.75, 3.05) is 6.67 Å². The Morgan fingerprint density at radius 2 is 1.86 bits per heavy atom. The maximum absolute atomic E-state index is 14.0. The lowest BCUT2D eigenvalue weighted by molar-refractivity contribution is -0.209. The lowest BCUT2D eigenvalue weighted by atomic mass is 9.89. The zero-order valence-corrected chi connectivity index (χ0v) is 16.6. The first-order chi connectivity index (χ1) is 13.9. The van der Waals surface area contributed by atoms with E-state index in [4.69, 9.17) is 4.74 Å². The average Bonchev–Trinajstić information content (AvgIpc) is 3.11. The topological polar surface area (TPSA) is 69.9 Å². The van der Waals surface area contributed by atoms with E-state index < -0.39 is 37.3 Å². The van der Waals surface area contributed by atoms with Crippen LogP contribution in [-0.2, 0) is 11.2 Å². The highest BCUT2D eigenvalue weighted by Gasteiger charge is 2.46. The van der Waals surface area contributed by atoms with Crippen molar-refractivity contribution in [2.45, 2.75) is 43.9 Å². The first-order valence-corrected chi connectivity index (χ1v) is 10.2. The molecule has 29 heavy (non-hydrogen) atoms. The number of ether oxygens (including phenoxy) is 1. The predicted molar refractivity (Wildman–Crippen MR) is 108 cm³/mol. The van der Waals surface area contributed by atoms with E-state index in [0.29, 0.717) is 6.42 Å². The Bertz CT molecular complexity index is 986. The van der Waals surface area contributed by atoms with E-state index in [2.05, 4.69) is 12.1 Å². The molecule has 0 radical (unpaired) electrons. The van der Waals surface area contributed by atoms with Crippen LogP contribution < -0.4 is 0 Å². The molecule has 0 aliphatic carbocycles. The van der Waals surface area contributed by atoms with Crippen LogP contribution in [0.15, 0.2) is 42.5 Å². The lowest BCUT2D eigenvalue weighted by Gasteiger charge is -2.39. The number of aliphatic hydroxyl groups excluding tert-OH is 2. The van der Waals surface area contributed by atoms with E-state index in [0.717, 1.165) is 21.4 Å². The molecule has 0 unspecified atom stereocenters. The van der Waals surface area contributed by atoms with Crippen molar-refractivity contribution in [3.63, 3.8) is 0 Å². The fourth-order valence-electron chi connectivity index (χ4n) is 3.80. The highest BCUT2D eigenvalue weighted by molar-refractivity contribution is 7.19. The van der Waals surface area contributed by atoms with Crippen LogP contribution in [0.3, 0.4) is 0 Å². The standard InChI is InChI=1S/C22H22F2O4S/c1-11-6-16(25)15(22-21(27)20(26)19(24)17(10-23)28-22)9-13(11)8-14-7-12-4-2-3-5-18(12)29-14/h2-7,9,17,19-22,25-27H,8,10H2,1H3/t17-,19-,20+,21-,22+/m1/s1. The fraction of sp³-hybridized carbons (Fsp3) is 0.364. The molecular formula is C22H22F2O4S. The first-order valence-electron chi connectivity index (χ1n) is 9.40. The average molecular weight is 420 g/mol. The SMILES string of the molecule is Cc1cc(O)c([C@@H]2O[C@H](CF)[C@@H](F)[C@H](O)[C@H]2O)cc1Cc1cc2ccccc2s1. The smallest absolute Gasteiger partial charge is 0.157 e. The fourth-order valence-corrected chi connectivity index (χ4v) is 4.88. The molecule has 5 atom stereocenters. The number of aliphatic hydroxyl groups is 2. The normalized spacial score (nSPS) is 27.4. The minimum Gasteiger partial charge on any atom is -0.508 e. The van der Waals surface area contributed by atoms with Gasteiger partial charge in [-0.05, 0) is 47.7 Å². The molecule has 1 aromatic heterocycles. The Hall–Kier alpha value is -2.06. The second-order valence-corrected chi connectivity index (χ2v) is 8.61. The van der Waals surface area contributed by atoms with Gasteiger partial charge in [-0.15, -0.1) is 11.3 Å². The molecule has 1 aliphatic heterocycles. The Balaban J connectivity index is 1.68. The van der Waals surface area contributed by atoms with E-state index in [9.17, 15) is 24.1 Å². The molecule has 2 heterocycles. The van der Waals surface area contributed by atoms with Gasteiger partial charge in [-0.25, -0.2) is 8.78 Å². The molecule has 0 saturated carbocycles. The minimum absolute atomic E-state index is 0.145. The van der Waals surface area contributed by atoms with Gasteiger partial charge in [0.2, 0.25) is 0 Å². The Labute approximate surface area is 171 Å². The van der Waals surface area contributed by atoms with Crippen LogP contribution in [0.1, 0.15) is 27.7 Å². The molecule has 1 aliphatic rings. The van der Waals surface area contributed by atoms with E-state index >= 15 is 0 Å². The number of halogens is 2. The number of fused-ring (bicyclic) bond motifs is 1. The minimum atomic E-state index is -2.03. The number of alkyl halides is 2. The summed E-state index contributed by atoms with van der Waals surface area (Å²) in [6.07, 6.45) is -7.55. The highest BCUT2D eigenvalue weighted by Crippen LogP contribution is 2.39. The third-order valence-electron chi connectivity index (χ3n) is 5.45. The van der Waals surface area contributed by atoms with Crippen molar-refractivity contribution in [1.82, 2.24) is 0 Å². The Morgan fingerprint density at radius 3 is 2.59 bits per heavy atom. The second kappa shape index (κ2) is 7.99. The highest BCUT2D eigenvalue weighted by atomic mass is 32.1. The van der Waals surface area contributed by atoms with Gasteiger partial charge in [-0.2, -0.15) is 0 Å². The maximum atomic E-state index is 14.0. The van der Waals surface area contributed by atoms with Gasteiger partial charge < -0.3 is 20.1 Å². The Kier molecular flexibility index (Phi) is 5.57. The Morgan fingerprint density at radius 1 is 1.10 bits per heavy atom. The van der Waals surface area contributed by atoms with Crippen LogP contribution in [0.2, 0.25) is 0 Å². The summed E-state index contributed by atoms with van der Waals surface area (Å²) in [6, 6.07) is 13.4. The monoisotopic (exact) mass is 420 g/mol. The molecular weight excluding hydrogens is 398 g/mol. The number of hydrogen-bond donors (Lipinski definition) is 3.